The maximum atomic E-state index is 5.59. The molecule has 1 aromatic heterocycles. The lowest BCUT2D eigenvalue weighted by atomic mass is 9.99. The highest BCUT2D eigenvalue weighted by Gasteiger charge is 2.13. The van der Waals surface area contributed by atoms with Crippen molar-refractivity contribution < 1.29 is 9.47 Å². The lowest BCUT2D eigenvalue weighted by Crippen LogP contribution is -2.20. The van der Waals surface area contributed by atoms with Gasteiger partial charge in [-0.3, -0.25) is 0 Å². The Hall–Kier alpha value is -1.56. The molecule has 1 aliphatic heterocycles. The van der Waals surface area contributed by atoms with E-state index >= 15 is 0 Å². The smallest absolute Gasteiger partial charge is 0.225 e. The van der Waals surface area contributed by atoms with Gasteiger partial charge >= 0.3 is 0 Å². The number of methoxy groups -OCH3 is 1. The molecule has 0 aromatic carbocycles. The average Bonchev–Trinajstić information content (AvgIpc) is 2.39. The van der Waals surface area contributed by atoms with Crippen LogP contribution < -0.4 is 15.8 Å². The van der Waals surface area contributed by atoms with Crippen LogP contribution in [0.2, 0.25) is 0 Å². The Balaban J connectivity index is 1.80. The number of nitrogens with zero attached hydrogens (tertiary/aromatic N) is 2. The van der Waals surface area contributed by atoms with Crippen LogP contribution in [0.1, 0.15) is 19.3 Å². The van der Waals surface area contributed by atoms with E-state index in [1.807, 2.05) is 0 Å². The van der Waals surface area contributed by atoms with Crippen LogP contribution in [-0.2, 0) is 4.74 Å². The highest BCUT2D eigenvalue weighted by atomic mass is 16.5. The molecule has 1 fully saturated rings. The van der Waals surface area contributed by atoms with Gasteiger partial charge in [0.1, 0.15) is 5.82 Å². The van der Waals surface area contributed by atoms with E-state index < -0.39 is 0 Å². The van der Waals surface area contributed by atoms with Gasteiger partial charge in [-0.25, -0.2) is 0 Å². The third-order valence-corrected chi connectivity index (χ3v) is 3.04. The van der Waals surface area contributed by atoms with Crippen LogP contribution in [-0.4, -0.2) is 36.8 Å². The average molecular weight is 252 g/mol. The molecular weight excluding hydrogens is 232 g/mol. The highest BCUT2D eigenvalue weighted by Crippen LogP contribution is 2.18. The van der Waals surface area contributed by atoms with Crippen molar-refractivity contribution in [3.05, 3.63) is 6.07 Å². The predicted molar refractivity (Wildman–Crippen MR) is 69.6 cm³/mol. The molecule has 0 amide bonds. The van der Waals surface area contributed by atoms with Gasteiger partial charge in [-0.2, -0.15) is 9.97 Å². The first-order valence-electron chi connectivity index (χ1n) is 6.28. The van der Waals surface area contributed by atoms with E-state index in [-0.39, 0.29) is 5.95 Å². The predicted octanol–water partition coefficient (Wildman–Crippen LogP) is 1.30. The second-order valence-electron chi connectivity index (χ2n) is 4.45. The van der Waals surface area contributed by atoms with Gasteiger partial charge in [0.2, 0.25) is 11.8 Å². The van der Waals surface area contributed by atoms with Crippen molar-refractivity contribution in [2.24, 2.45) is 5.92 Å². The number of nitrogens with one attached hydrogen (secondary N) is 1. The first-order valence-corrected chi connectivity index (χ1v) is 6.28. The minimum atomic E-state index is 0.220. The molecular formula is C12H20N4O2. The molecule has 2 rings (SSSR count). The summed E-state index contributed by atoms with van der Waals surface area (Å²) in [5.74, 6) is 2.05. The fraction of sp³-hybridized carbons (Fsp3) is 0.667. The third-order valence-electron chi connectivity index (χ3n) is 3.04. The summed E-state index contributed by atoms with van der Waals surface area (Å²) >= 11 is 0. The van der Waals surface area contributed by atoms with Gasteiger partial charge in [0.05, 0.1) is 7.11 Å². The first kappa shape index (κ1) is 12.9. The van der Waals surface area contributed by atoms with Gasteiger partial charge in [-0.15, -0.1) is 0 Å². The van der Waals surface area contributed by atoms with Crippen LogP contribution in [0.3, 0.4) is 0 Å². The van der Waals surface area contributed by atoms with Gasteiger partial charge in [-0.05, 0) is 25.2 Å². The standard InChI is InChI=1S/C12H20N4O2/c1-17-11-7-10(15-12(13)16-11)14-5-4-9-3-2-6-18-8-9/h7,9H,2-6,8H2,1H3,(H3,13,14,15,16)/t9-/m0/s1. The number of aromatic nitrogens is 2. The van der Waals surface area contributed by atoms with E-state index in [9.17, 15) is 0 Å². The fourth-order valence-corrected chi connectivity index (χ4v) is 2.08. The molecule has 2 heterocycles. The molecule has 1 aliphatic rings. The van der Waals surface area contributed by atoms with E-state index in [2.05, 4.69) is 15.3 Å². The molecule has 0 spiro atoms. The highest BCUT2D eigenvalue weighted by molar-refractivity contribution is 5.42. The second-order valence-corrected chi connectivity index (χ2v) is 4.45. The molecule has 6 heteroatoms. The summed E-state index contributed by atoms with van der Waals surface area (Å²) in [5.41, 5.74) is 5.59. The van der Waals surface area contributed by atoms with Gasteiger partial charge in [0.25, 0.3) is 0 Å². The van der Waals surface area contributed by atoms with E-state index in [1.165, 1.54) is 12.8 Å². The molecule has 1 aromatic rings. The Morgan fingerprint density at radius 3 is 3.17 bits per heavy atom. The molecule has 100 valence electrons. The minimum Gasteiger partial charge on any atom is -0.481 e. The van der Waals surface area contributed by atoms with Crippen molar-refractivity contribution >= 4 is 11.8 Å². The maximum absolute atomic E-state index is 5.59. The quantitative estimate of drug-likeness (QED) is 0.822. The van der Waals surface area contributed by atoms with Crippen molar-refractivity contribution in [3.63, 3.8) is 0 Å². The van der Waals surface area contributed by atoms with Crippen molar-refractivity contribution in [1.82, 2.24) is 9.97 Å². The van der Waals surface area contributed by atoms with Crippen molar-refractivity contribution in [2.45, 2.75) is 19.3 Å². The molecule has 0 saturated carbocycles. The minimum absolute atomic E-state index is 0.220. The Bertz CT molecular complexity index is 380. The SMILES string of the molecule is COc1cc(NCC[C@@H]2CCCOC2)nc(N)n1. The summed E-state index contributed by atoms with van der Waals surface area (Å²) < 4.78 is 10.5. The van der Waals surface area contributed by atoms with Crippen molar-refractivity contribution in [2.75, 3.05) is 37.9 Å². The number of hydrogen-bond donors (Lipinski definition) is 2. The molecule has 0 aliphatic carbocycles. The molecule has 18 heavy (non-hydrogen) atoms. The molecule has 1 saturated heterocycles. The number of rotatable bonds is 5. The summed E-state index contributed by atoms with van der Waals surface area (Å²) in [6.45, 7) is 2.63. The summed E-state index contributed by atoms with van der Waals surface area (Å²) in [6, 6.07) is 1.74. The Labute approximate surface area is 107 Å². The summed E-state index contributed by atoms with van der Waals surface area (Å²) in [4.78, 5) is 8.04. The second kappa shape index (κ2) is 6.39. The van der Waals surface area contributed by atoms with Crippen molar-refractivity contribution in [1.29, 1.82) is 0 Å². The van der Waals surface area contributed by atoms with Crippen LogP contribution in [0.15, 0.2) is 6.07 Å². The van der Waals surface area contributed by atoms with Crippen LogP contribution in [0, 0.1) is 5.92 Å². The molecule has 3 N–H and O–H groups in total. The van der Waals surface area contributed by atoms with E-state index in [1.54, 1.807) is 13.2 Å². The Morgan fingerprint density at radius 1 is 1.56 bits per heavy atom. The molecule has 6 nitrogen and oxygen atoms in total. The Kier molecular flexibility index (Phi) is 4.58. The number of nitrogens with two attached hydrogens (primary N) is 1. The fourth-order valence-electron chi connectivity index (χ4n) is 2.08. The van der Waals surface area contributed by atoms with Crippen LogP contribution >= 0.6 is 0 Å². The van der Waals surface area contributed by atoms with Gasteiger partial charge < -0.3 is 20.5 Å². The summed E-state index contributed by atoms with van der Waals surface area (Å²) in [5, 5.41) is 3.24. The van der Waals surface area contributed by atoms with Gasteiger partial charge in [0.15, 0.2) is 0 Å². The van der Waals surface area contributed by atoms with E-state index in [0.29, 0.717) is 17.6 Å². The zero-order chi connectivity index (χ0) is 12.8. The normalized spacial score (nSPS) is 19.5. The van der Waals surface area contributed by atoms with E-state index in [4.69, 9.17) is 15.2 Å². The summed E-state index contributed by atoms with van der Waals surface area (Å²) in [7, 11) is 1.56. The number of ether oxygens (including phenoxy) is 2. The molecule has 0 radical (unpaired) electrons. The first-order chi connectivity index (χ1) is 8.78. The van der Waals surface area contributed by atoms with Gasteiger partial charge in [0, 0.05) is 25.8 Å². The lowest BCUT2D eigenvalue weighted by molar-refractivity contribution is 0.0530. The van der Waals surface area contributed by atoms with Crippen LogP contribution in [0.25, 0.3) is 0 Å². The topological polar surface area (TPSA) is 82.3 Å². The zero-order valence-corrected chi connectivity index (χ0v) is 10.7. The van der Waals surface area contributed by atoms with E-state index in [0.717, 1.165) is 26.2 Å². The molecule has 0 unspecified atom stereocenters. The third kappa shape index (κ3) is 3.73. The van der Waals surface area contributed by atoms with Gasteiger partial charge in [-0.1, -0.05) is 0 Å². The molecule has 0 bridgehead atoms. The largest absolute Gasteiger partial charge is 0.481 e. The Morgan fingerprint density at radius 2 is 2.44 bits per heavy atom. The zero-order valence-electron chi connectivity index (χ0n) is 10.7. The number of anilines is 2. The van der Waals surface area contributed by atoms with Crippen LogP contribution in [0.5, 0.6) is 5.88 Å². The number of nitrogen functional groups attached to an aromatic ring is 1. The molecule has 1 atom stereocenters. The van der Waals surface area contributed by atoms with Crippen molar-refractivity contribution in [3.8, 4) is 5.88 Å². The maximum Gasteiger partial charge on any atom is 0.225 e. The monoisotopic (exact) mass is 252 g/mol. The summed E-state index contributed by atoms with van der Waals surface area (Å²) in [6.07, 6.45) is 3.49. The number of hydrogen-bond acceptors (Lipinski definition) is 6. The lowest BCUT2D eigenvalue weighted by Gasteiger charge is -2.22. The van der Waals surface area contributed by atoms with Crippen LogP contribution in [0.4, 0.5) is 11.8 Å².